The second kappa shape index (κ2) is 9.85. The predicted molar refractivity (Wildman–Crippen MR) is 41.8 cm³/mol. The third-order valence-corrected chi connectivity index (χ3v) is 1.56. The number of hydrogen-bond acceptors (Lipinski definition) is 6. The van der Waals surface area contributed by atoms with E-state index < -0.39 is 0 Å². The summed E-state index contributed by atoms with van der Waals surface area (Å²) in [6, 6.07) is 0. The maximum Gasteiger partial charge on any atom is 1.00 e. The summed E-state index contributed by atoms with van der Waals surface area (Å²) in [5, 5.41) is 22.1. The Morgan fingerprint density at radius 2 is 1.69 bits per heavy atom. The van der Waals surface area contributed by atoms with Crippen molar-refractivity contribution in [1.82, 2.24) is 5.01 Å². The van der Waals surface area contributed by atoms with Gasteiger partial charge in [-0.05, 0) is 12.8 Å². The first-order chi connectivity index (χ1) is 5.74. The van der Waals surface area contributed by atoms with Gasteiger partial charge in [-0.15, -0.1) is 10.2 Å². The average molecular weight is 199 g/mol. The van der Waals surface area contributed by atoms with Gasteiger partial charge in [-0.1, -0.05) is 0 Å². The Morgan fingerprint density at radius 3 is 2.00 bits per heavy atom. The van der Waals surface area contributed by atoms with Crippen molar-refractivity contribution in [2.75, 3.05) is 13.1 Å². The Morgan fingerprint density at radius 1 is 1.31 bits per heavy atom. The Labute approximate surface area is 97.3 Å². The normalized spacial score (nSPS) is 16.2. The van der Waals surface area contributed by atoms with Gasteiger partial charge in [0.15, 0.2) is 0 Å². The molecule has 1 fully saturated rings. The standard InChI is InChI=1S/C5H10N2O2.HNO2.Na/c8-5-1-3-7(6-9)4-2-5;2-1-3;/h5,8H,1-4H2;(H,2,3);/q;;+1/p-1. The van der Waals surface area contributed by atoms with E-state index in [0.29, 0.717) is 25.9 Å². The zero-order chi connectivity index (χ0) is 9.40. The smallest absolute Gasteiger partial charge is 0.444 e. The maximum absolute atomic E-state index is 9.86. The summed E-state index contributed by atoms with van der Waals surface area (Å²) >= 11 is 0. The molecular formula is C5H10N3NaO4. The van der Waals surface area contributed by atoms with Crippen molar-refractivity contribution < 1.29 is 34.7 Å². The van der Waals surface area contributed by atoms with E-state index in [-0.39, 0.29) is 35.7 Å². The van der Waals surface area contributed by atoms with Crippen molar-refractivity contribution in [2.24, 2.45) is 10.6 Å². The van der Waals surface area contributed by atoms with Crippen LogP contribution in [0.2, 0.25) is 0 Å². The number of nitroso groups, excluding NO2 is 1. The van der Waals surface area contributed by atoms with Gasteiger partial charge in [-0.25, -0.2) is 0 Å². The van der Waals surface area contributed by atoms with Crippen LogP contribution in [0.1, 0.15) is 12.8 Å². The topological polar surface area (TPSA) is 105 Å². The molecule has 0 bridgehead atoms. The first kappa shape index (κ1) is 15.2. The van der Waals surface area contributed by atoms with Crippen molar-refractivity contribution >= 4 is 0 Å². The largest absolute Gasteiger partial charge is 1.00 e. The molecule has 13 heavy (non-hydrogen) atoms. The molecule has 0 saturated carbocycles. The molecule has 7 nitrogen and oxygen atoms in total. The van der Waals surface area contributed by atoms with E-state index in [1.54, 1.807) is 0 Å². The van der Waals surface area contributed by atoms with Crippen LogP contribution in [0.5, 0.6) is 0 Å². The van der Waals surface area contributed by atoms with E-state index in [1.807, 2.05) is 0 Å². The van der Waals surface area contributed by atoms with Crippen LogP contribution in [-0.2, 0) is 0 Å². The minimum atomic E-state index is -0.219. The molecule has 0 amide bonds. The number of hydrogen-bond donors (Lipinski definition) is 1. The molecule has 0 aromatic heterocycles. The number of piperidine rings is 1. The van der Waals surface area contributed by atoms with Gasteiger partial charge in [0.1, 0.15) is 0 Å². The fraction of sp³-hybridized carbons (Fsp3) is 1.00. The summed E-state index contributed by atoms with van der Waals surface area (Å²) in [6.45, 7) is 1.20. The van der Waals surface area contributed by atoms with Crippen LogP contribution in [0, 0.1) is 15.0 Å². The molecule has 70 valence electrons. The van der Waals surface area contributed by atoms with Gasteiger partial charge in [-0.2, -0.15) is 0 Å². The Bertz CT molecular complexity index is 140. The first-order valence-electron chi connectivity index (χ1n) is 3.45. The zero-order valence-corrected chi connectivity index (χ0v) is 9.42. The number of rotatable bonds is 1. The van der Waals surface area contributed by atoms with Crippen molar-refractivity contribution in [1.29, 1.82) is 0 Å². The van der Waals surface area contributed by atoms with E-state index in [9.17, 15) is 4.91 Å². The number of aliphatic hydroxyl groups excluding tert-OH is 1. The monoisotopic (exact) mass is 199 g/mol. The predicted octanol–water partition coefficient (Wildman–Crippen LogP) is -2.62. The molecule has 1 heterocycles. The summed E-state index contributed by atoms with van der Waals surface area (Å²) in [7, 11) is 0. The van der Waals surface area contributed by atoms with Gasteiger partial charge >= 0.3 is 29.6 Å². The Kier molecular flexibility index (Phi) is 11.5. The molecule has 1 N–H and O–H groups in total. The van der Waals surface area contributed by atoms with Gasteiger partial charge in [0.05, 0.1) is 11.4 Å². The molecule has 1 saturated heterocycles. The minimum Gasteiger partial charge on any atom is -0.444 e. The van der Waals surface area contributed by atoms with Gasteiger partial charge in [-0.3, -0.25) is 5.01 Å². The van der Waals surface area contributed by atoms with Crippen molar-refractivity contribution in [3.63, 3.8) is 0 Å². The van der Waals surface area contributed by atoms with Crippen LogP contribution >= 0.6 is 0 Å². The van der Waals surface area contributed by atoms with Crippen molar-refractivity contribution in [2.45, 2.75) is 18.9 Å². The quantitative estimate of drug-likeness (QED) is 0.282. The molecule has 8 heteroatoms. The fourth-order valence-corrected chi connectivity index (χ4v) is 0.934. The molecular weight excluding hydrogens is 189 g/mol. The molecule has 0 unspecified atom stereocenters. The van der Waals surface area contributed by atoms with Crippen molar-refractivity contribution in [3.8, 4) is 0 Å². The average Bonchev–Trinajstić information content (AvgIpc) is 2.07. The van der Waals surface area contributed by atoms with Crippen LogP contribution in [0.25, 0.3) is 0 Å². The summed E-state index contributed by atoms with van der Waals surface area (Å²) in [4.78, 5) is 17.9. The molecule has 0 radical (unpaired) electrons. The third-order valence-electron chi connectivity index (χ3n) is 1.56. The Hall–Kier alpha value is -0.240. The van der Waals surface area contributed by atoms with E-state index in [1.165, 1.54) is 5.01 Å². The maximum atomic E-state index is 9.86. The fourth-order valence-electron chi connectivity index (χ4n) is 0.934. The third kappa shape index (κ3) is 8.10. The van der Waals surface area contributed by atoms with Gasteiger partial charge in [0, 0.05) is 13.1 Å². The van der Waals surface area contributed by atoms with E-state index in [0.717, 1.165) is 5.34 Å². The molecule has 0 aliphatic carbocycles. The van der Waals surface area contributed by atoms with Crippen LogP contribution in [0.15, 0.2) is 10.6 Å². The van der Waals surface area contributed by atoms with E-state index >= 15 is 0 Å². The number of aliphatic hydroxyl groups is 1. The molecule has 1 rings (SSSR count). The Balaban J connectivity index is 0. The van der Waals surface area contributed by atoms with Gasteiger partial charge in [0.2, 0.25) is 0 Å². The van der Waals surface area contributed by atoms with Crippen molar-refractivity contribution in [3.05, 3.63) is 15.0 Å². The first-order valence-corrected chi connectivity index (χ1v) is 3.45. The van der Waals surface area contributed by atoms with Crippen LogP contribution in [0.3, 0.4) is 0 Å². The second-order valence-electron chi connectivity index (χ2n) is 2.34. The second-order valence-corrected chi connectivity index (χ2v) is 2.34. The molecule has 1 aliphatic heterocycles. The summed E-state index contributed by atoms with van der Waals surface area (Å²) in [6.07, 6.45) is 1.13. The summed E-state index contributed by atoms with van der Waals surface area (Å²) in [5.41, 5.74) is 0. The SMILES string of the molecule is O=NN1CCC(O)CC1.O=N[O-].[Na+]. The number of nitrogens with zero attached hydrogens (tertiary/aromatic N) is 3. The van der Waals surface area contributed by atoms with Crippen LogP contribution in [0.4, 0.5) is 0 Å². The summed E-state index contributed by atoms with van der Waals surface area (Å²) in [5.74, 6) is 0. The molecule has 1 aliphatic rings. The minimum absolute atomic E-state index is 0. The van der Waals surface area contributed by atoms with Crippen LogP contribution < -0.4 is 29.6 Å². The molecule has 0 atom stereocenters. The zero-order valence-electron chi connectivity index (χ0n) is 7.42. The summed E-state index contributed by atoms with van der Waals surface area (Å²) < 4.78 is 0. The van der Waals surface area contributed by atoms with Crippen LogP contribution in [-0.4, -0.2) is 29.3 Å². The molecule has 0 aromatic carbocycles. The van der Waals surface area contributed by atoms with E-state index in [2.05, 4.69) is 5.29 Å². The van der Waals surface area contributed by atoms with E-state index in [4.69, 9.17) is 15.2 Å². The molecule has 0 spiro atoms. The van der Waals surface area contributed by atoms with Gasteiger partial charge < -0.3 is 15.2 Å². The molecule has 0 aromatic rings. The van der Waals surface area contributed by atoms with Gasteiger partial charge in [0.25, 0.3) is 0 Å².